The Hall–Kier alpha value is -3.14. The number of para-hydroxylation sites is 1. The molecule has 0 aliphatic rings. The highest BCUT2D eigenvalue weighted by Gasteiger charge is 2.15. The van der Waals surface area contributed by atoms with E-state index in [1.54, 1.807) is 16.9 Å². The minimum Gasteiger partial charge on any atom is -0.305 e. The van der Waals surface area contributed by atoms with Crippen molar-refractivity contribution < 1.29 is 4.79 Å². The molecule has 4 aromatic rings. The molecule has 0 atom stereocenters. The van der Waals surface area contributed by atoms with Crippen LogP contribution in [-0.4, -0.2) is 20.3 Å². The number of thiazole rings is 1. The molecular weight excluding hydrogens is 392 g/mol. The number of benzene rings is 2. The summed E-state index contributed by atoms with van der Waals surface area (Å²) in [6, 6.07) is 15.2. The minimum absolute atomic E-state index is 0.315. The quantitative estimate of drug-likeness (QED) is 0.478. The normalized spacial score (nSPS) is 11.7. The van der Waals surface area contributed by atoms with E-state index < -0.39 is 0 Å². The number of fused-ring (bicyclic) bond motifs is 1. The number of aromatic nitrogens is 3. The molecule has 1 amide bonds. The van der Waals surface area contributed by atoms with Crippen LogP contribution in [0.5, 0.6) is 0 Å². The summed E-state index contributed by atoms with van der Waals surface area (Å²) in [5.74, 6) is 2.26. The predicted octanol–water partition coefficient (Wildman–Crippen LogP) is 4.22. The fourth-order valence-electron chi connectivity index (χ4n) is 2.97. The van der Waals surface area contributed by atoms with Gasteiger partial charge in [-0.15, -0.1) is 6.42 Å². The van der Waals surface area contributed by atoms with Crippen molar-refractivity contribution in [3.63, 3.8) is 0 Å². The van der Waals surface area contributed by atoms with E-state index in [2.05, 4.69) is 16.0 Å². The summed E-state index contributed by atoms with van der Waals surface area (Å²) in [5.41, 5.74) is 2.97. The van der Waals surface area contributed by atoms with E-state index in [1.807, 2.05) is 54.0 Å². The molecule has 0 aliphatic carbocycles. The van der Waals surface area contributed by atoms with E-state index in [4.69, 9.17) is 18.0 Å². The molecule has 0 unspecified atom stereocenters. The first-order valence-corrected chi connectivity index (χ1v) is 9.69. The Morgan fingerprint density at radius 2 is 2.07 bits per heavy atom. The molecule has 2 aromatic heterocycles. The lowest BCUT2D eigenvalue weighted by Gasteiger charge is -2.04. The van der Waals surface area contributed by atoms with Crippen LogP contribution in [0.2, 0.25) is 5.02 Å². The van der Waals surface area contributed by atoms with Gasteiger partial charge in [-0.1, -0.05) is 47.1 Å². The molecule has 28 heavy (non-hydrogen) atoms. The number of carbonyl (C=O) groups is 1. The smallest absolute Gasteiger partial charge is 0.283 e. The van der Waals surface area contributed by atoms with E-state index >= 15 is 0 Å². The molecule has 0 aliphatic heterocycles. The van der Waals surface area contributed by atoms with Crippen LogP contribution in [0.15, 0.2) is 59.7 Å². The van der Waals surface area contributed by atoms with Gasteiger partial charge in [-0.2, -0.15) is 10.1 Å². The van der Waals surface area contributed by atoms with Crippen LogP contribution >= 0.6 is 22.9 Å². The molecule has 2 heterocycles. The zero-order chi connectivity index (χ0) is 19.7. The van der Waals surface area contributed by atoms with E-state index in [1.165, 1.54) is 11.3 Å². The van der Waals surface area contributed by atoms with Gasteiger partial charge in [-0.3, -0.25) is 4.79 Å². The maximum absolute atomic E-state index is 12.9. The standard InChI is InChI=1S/C21H15ClN4OS/c1-3-11-25-18-10-9-15(22)12-19(18)28-21(25)24-20(27)17-13-23-26(14(17)2)16-7-5-4-6-8-16/h1,4-10,12-13H,11H2,2H3. The Morgan fingerprint density at radius 3 is 2.82 bits per heavy atom. The van der Waals surface area contributed by atoms with Crippen LogP contribution in [0.4, 0.5) is 0 Å². The Labute approximate surface area is 170 Å². The van der Waals surface area contributed by atoms with Crippen molar-refractivity contribution in [1.82, 2.24) is 14.3 Å². The van der Waals surface area contributed by atoms with Crippen molar-refractivity contribution >= 4 is 39.1 Å². The highest BCUT2D eigenvalue weighted by molar-refractivity contribution is 7.16. The van der Waals surface area contributed by atoms with Gasteiger partial charge in [-0.25, -0.2) is 4.68 Å². The largest absolute Gasteiger partial charge is 0.305 e. The lowest BCUT2D eigenvalue weighted by molar-refractivity contribution is 0.0997. The van der Waals surface area contributed by atoms with E-state index in [0.29, 0.717) is 21.9 Å². The van der Waals surface area contributed by atoms with Crippen LogP contribution in [0.1, 0.15) is 16.1 Å². The number of halogens is 1. The first-order chi connectivity index (χ1) is 13.6. The van der Waals surface area contributed by atoms with Crippen molar-refractivity contribution in [1.29, 1.82) is 0 Å². The Bertz CT molecular complexity index is 1290. The van der Waals surface area contributed by atoms with Crippen molar-refractivity contribution in [3.05, 3.63) is 75.8 Å². The van der Waals surface area contributed by atoms with Crippen molar-refractivity contribution in [2.45, 2.75) is 13.5 Å². The van der Waals surface area contributed by atoms with Gasteiger partial charge in [-0.05, 0) is 37.3 Å². The highest BCUT2D eigenvalue weighted by Crippen LogP contribution is 2.22. The summed E-state index contributed by atoms with van der Waals surface area (Å²) in [6.45, 7) is 2.17. The van der Waals surface area contributed by atoms with Crippen LogP contribution in [0, 0.1) is 19.3 Å². The second-order valence-corrected chi connectivity index (χ2v) is 7.54. The lowest BCUT2D eigenvalue weighted by atomic mass is 10.2. The molecule has 138 valence electrons. The number of rotatable bonds is 3. The van der Waals surface area contributed by atoms with Gasteiger partial charge in [0.1, 0.15) is 0 Å². The van der Waals surface area contributed by atoms with Crippen LogP contribution in [-0.2, 0) is 6.54 Å². The number of hydrogen-bond acceptors (Lipinski definition) is 3. The van der Waals surface area contributed by atoms with Crippen molar-refractivity contribution in [2.24, 2.45) is 4.99 Å². The zero-order valence-electron chi connectivity index (χ0n) is 15.0. The summed E-state index contributed by atoms with van der Waals surface area (Å²) >= 11 is 7.47. The summed E-state index contributed by atoms with van der Waals surface area (Å²) < 4.78 is 4.49. The first-order valence-electron chi connectivity index (χ1n) is 8.50. The highest BCUT2D eigenvalue weighted by atomic mass is 35.5. The van der Waals surface area contributed by atoms with Crippen LogP contribution in [0.25, 0.3) is 15.9 Å². The summed E-state index contributed by atoms with van der Waals surface area (Å²) in [5, 5.41) is 4.97. The lowest BCUT2D eigenvalue weighted by Crippen LogP contribution is -2.16. The van der Waals surface area contributed by atoms with E-state index in [9.17, 15) is 4.79 Å². The molecule has 5 nitrogen and oxygen atoms in total. The van der Waals surface area contributed by atoms with Gasteiger partial charge in [0.25, 0.3) is 5.91 Å². The summed E-state index contributed by atoms with van der Waals surface area (Å²) in [7, 11) is 0. The molecule has 0 saturated heterocycles. The molecule has 4 rings (SSSR count). The van der Waals surface area contributed by atoms with Crippen molar-refractivity contribution in [2.75, 3.05) is 0 Å². The van der Waals surface area contributed by atoms with Crippen LogP contribution < -0.4 is 4.80 Å². The van der Waals surface area contributed by atoms with Crippen molar-refractivity contribution in [3.8, 4) is 18.0 Å². The number of carbonyl (C=O) groups excluding carboxylic acids is 1. The molecule has 0 fully saturated rings. The zero-order valence-corrected chi connectivity index (χ0v) is 16.5. The predicted molar refractivity (Wildman–Crippen MR) is 112 cm³/mol. The monoisotopic (exact) mass is 406 g/mol. The second-order valence-electron chi connectivity index (χ2n) is 6.09. The van der Waals surface area contributed by atoms with Gasteiger partial charge in [0.2, 0.25) is 0 Å². The third-order valence-corrected chi connectivity index (χ3v) is 5.61. The third-order valence-electron chi connectivity index (χ3n) is 4.33. The molecular formula is C21H15ClN4OS. The molecule has 0 spiro atoms. The topological polar surface area (TPSA) is 52.2 Å². The number of terminal acetylenes is 1. The first kappa shape index (κ1) is 18.2. The number of hydrogen-bond donors (Lipinski definition) is 0. The average Bonchev–Trinajstić information content (AvgIpc) is 3.23. The number of amides is 1. The van der Waals surface area contributed by atoms with Gasteiger partial charge in [0, 0.05) is 5.02 Å². The molecule has 0 bridgehead atoms. The second kappa shape index (κ2) is 7.47. The van der Waals surface area contributed by atoms with Gasteiger partial charge in [0.05, 0.1) is 39.9 Å². The summed E-state index contributed by atoms with van der Waals surface area (Å²) in [6.07, 6.45) is 7.06. The minimum atomic E-state index is -0.358. The fraction of sp³-hybridized carbons (Fsp3) is 0.0952. The maximum Gasteiger partial charge on any atom is 0.283 e. The molecule has 0 N–H and O–H groups in total. The molecule has 2 aromatic carbocycles. The number of nitrogens with zero attached hydrogens (tertiary/aromatic N) is 4. The van der Waals surface area contributed by atoms with E-state index in [-0.39, 0.29) is 5.91 Å². The van der Waals surface area contributed by atoms with Crippen LogP contribution in [0.3, 0.4) is 0 Å². The molecule has 7 heteroatoms. The molecule has 0 saturated carbocycles. The fourth-order valence-corrected chi connectivity index (χ4v) is 4.28. The van der Waals surface area contributed by atoms with Gasteiger partial charge < -0.3 is 4.57 Å². The van der Waals surface area contributed by atoms with Gasteiger partial charge in [0.15, 0.2) is 4.80 Å². The molecule has 0 radical (unpaired) electrons. The Kier molecular flexibility index (Phi) is 4.86. The third kappa shape index (κ3) is 3.26. The SMILES string of the molecule is C#CCn1c(=NC(=O)c2cnn(-c3ccccc3)c2C)sc2cc(Cl)ccc21. The van der Waals surface area contributed by atoms with E-state index in [0.717, 1.165) is 21.6 Å². The van der Waals surface area contributed by atoms with Gasteiger partial charge >= 0.3 is 0 Å². The Morgan fingerprint density at radius 1 is 1.29 bits per heavy atom. The Balaban J connectivity index is 1.80. The maximum atomic E-state index is 12.9. The average molecular weight is 407 g/mol. The summed E-state index contributed by atoms with van der Waals surface area (Å²) in [4.78, 5) is 17.7.